The van der Waals surface area contributed by atoms with Gasteiger partial charge in [0.15, 0.2) is 5.78 Å². The summed E-state index contributed by atoms with van der Waals surface area (Å²) in [5.74, 6) is 0.767. The van der Waals surface area contributed by atoms with Crippen LogP contribution in [0.25, 0.3) is 0 Å². The van der Waals surface area contributed by atoms with Gasteiger partial charge in [0.25, 0.3) is 0 Å². The van der Waals surface area contributed by atoms with Gasteiger partial charge in [-0.3, -0.25) is 4.79 Å². The molecule has 6 nitrogen and oxygen atoms in total. The fourth-order valence-electron chi connectivity index (χ4n) is 3.12. The van der Waals surface area contributed by atoms with E-state index in [-0.39, 0.29) is 24.6 Å². The minimum absolute atomic E-state index is 0.0626. The Hall–Kier alpha value is -2.86. The quantitative estimate of drug-likeness (QED) is 0.540. The number of hydrogen-bond donors (Lipinski definition) is 0. The van der Waals surface area contributed by atoms with Gasteiger partial charge in [-0.25, -0.2) is 4.79 Å². The molecule has 1 heterocycles. The molecular weight excluding hydrogens is 370 g/mol. The average Bonchev–Trinajstić information content (AvgIpc) is 3.11. The summed E-state index contributed by atoms with van der Waals surface area (Å²) in [6.07, 6.45) is 0.703. The molecule has 0 radical (unpaired) electrons. The third kappa shape index (κ3) is 6.32. The average molecular weight is 397 g/mol. The minimum Gasteiger partial charge on any atom is -0.492 e. The van der Waals surface area contributed by atoms with Gasteiger partial charge in [0.1, 0.15) is 25.1 Å². The molecule has 1 aliphatic rings. The number of rotatable bonds is 11. The fourth-order valence-corrected chi connectivity index (χ4v) is 3.12. The van der Waals surface area contributed by atoms with Crippen LogP contribution in [0.15, 0.2) is 54.6 Å². The van der Waals surface area contributed by atoms with Crippen molar-refractivity contribution < 1.29 is 23.8 Å². The van der Waals surface area contributed by atoms with Crippen LogP contribution in [0.5, 0.6) is 5.75 Å². The summed E-state index contributed by atoms with van der Waals surface area (Å²) in [5, 5.41) is 0. The molecular formula is C23H27NO5. The van der Waals surface area contributed by atoms with E-state index in [0.29, 0.717) is 38.5 Å². The number of carbonyl (C=O) groups is 2. The van der Waals surface area contributed by atoms with Gasteiger partial charge in [-0.15, -0.1) is 0 Å². The summed E-state index contributed by atoms with van der Waals surface area (Å²) in [6, 6.07) is 17.2. The Labute approximate surface area is 171 Å². The first kappa shape index (κ1) is 20.9. The summed E-state index contributed by atoms with van der Waals surface area (Å²) in [4.78, 5) is 25.5. The highest BCUT2D eigenvalue weighted by molar-refractivity contribution is 5.82. The zero-order valence-corrected chi connectivity index (χ0v) is 16.7. The molecule has 1 aliphatic heterocycles. The number of amides is 1. The monoisotopic (exact) mass is 397 g/mol. The lowest BCUT2D eigenvalue weighted by molar-refractivity contribution is -0.122. The molecule has 0 spiro atoms. The number of ketones is 1. The molecule has 0 saturated carbocycles. The van der Waals surface area contributed by atoms with Crippen LogP contribution in [0.3, 0.4) is 0 Å². The Bertz CT molecular complexity index is 791. The Morgan fingerprint density at radius 3 is 2.59 bits per heavy atom. The molecule has 0 bridgehead atoms. The van der Waals surface area contributed by atoms with Gasteiger partial charge in [0, 0.05) is 13.0 Å². The highest BCUT2D eigenvalue weighted by Gasteiger charge is 2.31. The smallest absolute Gasteiger partial charge is 0.410 e. The summed E-state index contributed by atoms with van der Waals surface area (Å²) >= 11 is 0. The van der Waals surface area contributed by atoms with Crippen molar-refractivity contribution in [2.45, 2.75) is 25.9 Å². The Morgan fingerprint density at radius 2 is 1.86 bits per heavy atom. The molecule has 1 saturated heterocycles. The second-order valence-electron chi connectivity index (χ2n) is 6.99. The highest BCUT2D eigenvalue weighted by Crippen LogP contribution is 2.25. The maximum Gasteiger partial charge on any atom is 0.410 e. The predicted molar refractivity (Wildman–Crippen MR) is 109 cm³/mol. The van der Waals surface area contributed by atoms with Gasteiger partial charge < -0.3 is 19.1 Å². The number of carbonyl (C=O) groups excluding carboxylic acids is 2. The molecule has 6 heteroatoms. The number of ether oxygens (including phenoxy) is 3. The maximum atomic E-state index is 12.0. The molecule has 1 fully saturated rings. The first-order valence-corrected chi connectivity index (χ1v) is 9.97. The number of nitrogens with zero attached hydrogens (tertiary/aromatic N) is 1. The van der Waals surface area contributed by atoms with Crippen LogP contribution < -0.4 is 4.74 Å². The topological polar surface area (TPSA) is 65.1 Å². The first-order valence-electron chi connectivity index (χ1n) is 9.97. The fraction of sp³-hybridized carbons (Fsp3) is 0.391. The number of benzene rings is 2. The second kappa shape index (κ2) is 10.6. The molecule has 0 aliphatic carbocycles. The van der Waals surface area contributed by atoms with Crippen LogP contribution in [0.2, 0.25) is 0 Å². The van der Waals surface area contributed by atoms with Crippen molar-refractivity contribution in [3.63, 3.8) is 0 Å². The zero-order chi connectivity index (χ0) is 20.5. The molecule has 1 amide bonds. The van der Waals surface area contributed by atoms with Gasteiger partial charge >= 0.3 is 6.09 Å². The van der Waals surface area contributed by atoms with E-state index >= 15 is 0 Å². The van der Waals surface area contributed by atoms with E-state index in [2.05, 4.69) is 0 Å². The van der Waals surface area contributed by atoms with Crippen LogP contribution in [-0.2, 0) is 20.7 Å². The molecule has 0 N–H and O–H groups in total. The normalized spacial score (nSPS) is 16.0. The Balaban J connectivity index is 1.40. The number of cyclic esters (lactones) is 1. The van der Waals surface area contributed by atoms with Crippen LogP contribution in [0, 0.1) is 0 Å². The molecule has 2 aromatic rings. The number of hydrogen-bond acceptors (Lipinski definition) is 5. The first-order chi connectivity index (χ1) is 14.2. The standard InChI is InChI=1S/C23H27NO5/c1-2-13-27-17-20(25)15-18-8-10-21(11-9-18)28-14-12-24-16-22(29-23(24)26)19-6-4-3-5-7-19/h3-11,22H,2,12-17H2,1H3. The van der Waals surface area contributed by atoms with Crippen molar-refractivity contribution in [3.05, 3.63) is 65.7 Å². The second-order valence-corrected chi connectivity index (χ2v) is 6.99. The molecule has 29 heavy (non-hydrogen) atoms. The summed E-state index contributed by atoms with van der Waals surface area (Å²) in [6.45, 7) is 4.12. The van der Waals surface area contributed by atoms with Gasteiger partial charge in [-0.2, -0.15) is 0 Å². The summed E-state index contributed by atoms with van der Waals surface area (Å²) in [5.41, 5.74) is 1.92. The van der Waals surface area contributed by atoms with Crippen LogP contribution in [0.4, 0.5) is 4.79 Å². The summed E-state index contributed by atoms with van der Waals surface area (Å²) in [7, 11) is 0. The van der Waals surface area contributed by atoms with E-state index in [4.69, 9.17) is 14.2 Å². The van der Waals surface area contributed by atoms with Crippen molar-refractivity contribution in [1.29, 1.82) is 0 Å². The van der Waals surface area contributed by atoms with E-state index < -0.39 is 0 Å². The molecule has 1 atom stereocenters. The van der Waals surface area contributed by atoms with E-state index in [0.717, 1.165) is 17.5 Å². The van der Waals surface area contributed by atoms with Crippen molar-refractivity contribution in [3.8, 4) is 5.75 Å². The third-order valence-electron chi connectivity index (χ3n) is 4.62. The maximum absolute atomic E-state index is 12.0. The lowest BCUT2D eigenvalue weighted by atomic mass is 10.1. The van der Waals surface area contributed by atoms with E-state index in [1.807, 2.05) is 61.5 Å². The Kier molecular flexibility index (Phi) is 7.64. The van der Waals surface area contributed by atoms with Crippen molar-refractivity contribution in [2.24, 2.45) is 0 Å². The highest BCUT2D eigenvalue weighted by atomic mass is 16.6. The zero-order valence-electron chi connectivity index (χ0n) is 16.7. The van der Waals surface area contributed by atoms with Crippen molar-refractivity contribution in [1.82, 2.24) is 4.90 Å². The minimum atomic E-state index is -0.318. The molecule has 2 aromatic carbocycles. The lowest BCUT2D eigenvalue weighted by Gasteiger charge is -2.14. The van der Waals surface area contributed by atoms with Crippen LogP contribution >= 0.6 is 0 Å². The van der Waals surface area contributed by atoms with Gasteiger partial charge in [0.05, 0.1) is 13.1 Å². The molecule has 3 rings (SSSR count). The van der Waals surface area contributed by atoms with Gasteiger partial charge in [-0.1, -0.05) is 49.4 Å². The SMILES string of the molecule is CCCOCC(=O)Cc1ccc(OCCN2CC(c3ccccc3)OC2=O)cc1. The Morgan fingerprint density at radius 1 is 1.10 bits per heavy atom. The van der Waals surface area contributed by atoms with Crippen LogP contribution in [0.1, 0.15) is 30.6 Å². The lowest BCUT2D eigenvalue weighted by Crippen LogP contribution is -2.29. The molecule has 154 valence electrons. The van der Waals surface area contributed by atoms with Gasteiger partial charge in [-0.05, 0) is 29.7 Å². The van der Waals surface area contributed by atoms with Crippen molar-refractivity contribution in [2.75, 3.05) is 32.9 Å². The van der Waals surface area contributed by atoms with E-state index in [1.54, 1.807) is 4.90 Å². The summed E-state index contributed by atoms with van der Waals surface area (Å²) < 4.78 is 16.4. The third-order valence-corrected chi connectivity index (χ3v) is 4.62. The molecule has 0 aromatic heterocycles. The van der Waals surface area contributed by atoms with Crippen molar-refractivity contribution >= 4 is 11.9 Å². The van der Waals surface area contributed by atoms with Crippen LogP contribution in [-0.4, -0.2) is 49.7 Å². The largest absolute Gasteiger partial charge is 0.492 e. The molecule has 1 unspecified atom stereocenters. The van der Waals surface area contributed by atoms with Gasteiger partial charge in [0.2, 0.25) is 0 Å². The predicted octanol–water partition coefficient (Wildman–Crippen LogP) is 3.80. The van der Waals surface area contributed by atoms with E-state index in [9.17, 15) is 9.59 Å². The number of Topliss-reactive ketones (excluding diaryl/α,β-unsaturated/α-hetero) is 1. The van der Waals surface area contributed by atoms with E-state index in [1.165, 1.54) is 0 Å².